The van der Waals surface area contributed by atoms with Crippen molar-refractivity contribution in [1.29, 1.82) is 5.26 Å². The Labute approximate surface area is 214 Å². The van der Waals surface area contributed by atoms with Crippen LogP contribution in [0.4, 0.5) is 0 Å². The summed E-state index contributed by atoms with van der Waals surface area (Å²) in [6.45, 7) is 5.07. The maximum Gasteiger partial charge on any atom is 0.135 e. The number of ether oxygens (including phenoxy) is 1. The van der Waals surface area contributed by atoms with E-state index in [2.05, 4.69) is 24.9 Å². The summed E-state index contributed by atoms with van der Waals surface area (Å²) in [5, 5.41) is 15.6. The minimum atomic E-state index is 0.513. The van der Waals surface area contributed by atoms with Gasteiger partial charge in [0.2, 0.25) is 0 Å². The van der Waals surface area contributed by atoms with E-state index in [0.29, 0.717) is 23.1 Å². The van der Waals surface area contributed by atoms with Gasteiger partial charge in [-0.15, -0.1) is 11.3 Å². The summed E-state index contributed by atoms with van der Waals surface area (Å²) in [6, 6.07) is 28.2. The van der Waals surface area contributed by atoms with Crippen molar-refractivity contribution in [3.05, 3.63) is 95.6 Å². The van der Waals surface area contributed by atoms with Gasteiger partial charge in [-0.25, -0.2) is 9.67 Å². The number of allylic oxidation sites excluding steroid dienone is 1. The third kappa shape index (κ3) is 5.22. The van der Waals surface area contributed by atoms with Crippen molar-refractivity contribution >= 4 is 33.2 Å². The molecule has 3 aromatic carbocycles. The first-order chi connectivity index (χ1) is 17.6. The van der Waals surface area contributed by atoms with Crippen molar-refractivity contribution in [2.24, 2.45) is 5.92 Å². The van der Waals surface area contributed by atoms with Gasteiger partial charge in [-0.05, 0) is 66.9 Å². The van der Waals surface area contributed by atoms with Gasteiger partial charge in [0.25, 0.3) is 0 Å². The van der Waals surface area contributed by atoms with Crippen LogP contribution in [0.2, 0.25) is 0 Å². The summed E-state index contributed by atoms with van der Waals surface area (Å²) in [4.78, 5) is 4.68. The number of hydrogen-bond donors (Lipinski definition) is 0. The molecule has 0 aliphatic heterocycles. The highest BCUT2D eigenvalue weighted by atomic mass is 32.1. The van der Waals surface area contributed by atoms with Gasteiger partial charge < -0.3 is 4.74 Å². The monoisotopic (exact) mass is 490 g/mol. The number of thiazole rings is 1. The summed E-state index contributed by atoms with van der Waals surface area (Å²) < 4.78 is 8.80. The number of nitrogens with zero attached hydrogens (tertiary/aromatic N) is 4. The van der Waals surface area contributed by atoms with Gasteiger partial charge in [-0.1, -0.05) is 44.2 Å². The molecule has 2 aromatic heterocycles. The molecule has 0 radical (unpaired) electrons. The highest BCUT2D eigenvalue weighted by Crippen LogP contribution is 2.32. The third-order valence-corrected chi connectivity index (χ3v) is 6.87. The molecule has 178 valence electrons. The first-order valence-electron chi connectivity index (χ1n) is 12.0. The molecule has 5 aromatic rings. The fourth-order valence-electron chi connectivity index (χ4n) is 3.84. The summed E-state index contributed by atoms with van der Waals surface area (Å²) in [6.07, 6.45) is 4.86. The molecule has 0 fully saturated rings. The molecule has 5 rings (SSSR count). The van der Waals surface area contributed by atoms with Crippen LogP contribution in [0, 0.1) is 17.2 Å². The lowest BCUT2D eigenvalue weighted by atomic mass is 10.1. The van der Waals surface area contributed by atoms with Gasteiger partial charge in [0, 0.05) is 17.3 Å². The van der Waals surface area contributed by atoms with Gasteiger partial charge in [0.1, 0.15) is 16.8 Å². The summed E-state index contributed by atoms with van der Waals surface area (Å²) >= 11 is 1.52. The van der Waals surface area contributed by atoms with Gasteiger partial charge in [0.15, 0.2) is 0 Å². The van der Waals surface area contributed by atoms with Crippen molar-refractivity contribution < 1.29 is 4.74 Å². The van der Waals surface area contributed by atoms with Gasteiger partial charge >= 0.3 is 0 Å². The van der Waals surface area contributed by atoms with Crippen LogP contribution in [-0.4, -0.2) is 21.4 Å². The summed E-state index contributed by atoms with van der Waals surface area (Å²) in [7, 11) is 0. The zero-order valence-electron chi connectivity index (χ0n) is 20.3. The molecule has 0 saturated heterocycles. The number of para-hydroxylation sites is 2. The second-order valence-electron chi connectivity index (χ2n) is 8.93. The number of fused-ring (bicyclic) bond motifs is 1. The Morgan fingerprint density at radius 3 is 2.50 bits per heavy atom. The third-order valence-electron chi connectivity index (χ3n) is 5.80. The molecule has 0 amide bonds. The van der Waals surface area contributed by atoms with Gasteiger partial charge in [-0.2, -0.15) is 10.4 Å². The second-order valence-corrected chi connectivity index (χ2v) is 9.96. The molecule has 0 bridgehead atoms. The fourth-order valence-corrected chi connectivity index (χ4v) is 4.77. The average molecular weight is 491 g/mol. The Hall–Kier alpha value is -4.21. The molecular weight excluding hydrogens is 464 g/mol. The summed E-state index contributed by atoms with van der Waals surface area (Å²) in [5.41, 5.74) is 4.95. The number of aromatic nitrogens is 3. The molecule has 6 heteroatoms. The van der Waals surface area contributed by atoms with Crippen molar-refractivity contribution in [2.45, 2.75) is 20.3 Å². The smallest absolute Gasteiger partial charge is 0.135 e. The Morgan fingerprint density at radius 2 is 1.78 bits per heavy atom. The standard InChI is InChI=1S/C30H26N4OS/c1-21(2)16-17-35-26-14-12-22(13-15-26)29-24(20-34(33-29)25-8-4-3-5-9-25)18-23(19-31)30-32-27-10-6-7-11-28(27)36-30/h3-15,18,20-21H,16-17H2,1-2H3. The van der Waals surface area contributed by atoms with Crippen LogP contribution in [0.15, 0.2) is 85.1 Å². The second kappa shape index (κ2) is 10.6. The van der Waals surface area contributed by atoms with Crippen LogP contribution >= 0.6 is 11.3 Å². The lowest BCUT2D eigenvalue weighted by Gasteiger charge is -2.08. The van der Waals surface area contributed by atoms with Crippen LogP contribution in [0.1, 0.15) is 30.8 Å². The maximum absolute atomic E-state index is 10.0. The van der Waals surface area contributed by atoms with Crippen molar-refractivity contribution in [3.8, 4) is 28.8 Å². The molecule has 5 nitrogen and oxygen atoms in total. The molecule has 0 saturated carbocycles. The minimum absolute atomic E-state index is 0.513. The van der Waals surface area contributed by atoms with Crippen LogP contribution in [-0.2, 0) is 0 Å². The van der Waals surface area contributed by atoms with E-state index in [1.807, 2.05) is 95.8 Å². The quantitative estimate of drug-likeness (QED) is 0.210. The van der Waals surface area contributed by atoms with Crippen molar-refractivity contribution in [2.75, 3.05) is 6.61 Å². The van der Waals surface area contributed by atoms with E-state index in [0.717, 1.165) is 44.9 Å². The Kier molecular flexibility index (Phi) is 6.92. The lowest BCUT2D eigenvalue weighted by Crippen LogP contribution is -2.01. The average Bonchev–Trinajstić information content (AvgIpc) is 3.52. The number of benzene rings is 3. The molecule has 0 aliphatic rings. The highest BCUT2D eigenvalue weighted by Gasteiger charge is 2.15. The van der Waals surface area contributed by atoms with E-state index in [1.54, 1.807) is 0 Å². The zero-order valence-corrected chi connectivity index (χ0v) is 21.1. The Balaban J connectivity index is 1.53. The normalized spacial score (nSPS) is 11.7. The van der Waals surface area contributed by atoms with E-state index < -0.39 is 0 Å². The predicted molar refractivity (Wildman–Crippen MR) is 147 cm³/mol. The number of nitriles is 1. The van der Waals surface area contributed by atoms with E-state index in [4.69, 9.17) is 9.84 Å². The van der Waals surface area contributed by atoms with Crippen LogP contribution in [0.5, 0.6) is 5.75 Å². The molecule has 0 unspecified atom stereocenters. The minimum Gasteiger partial charge on any atom is -0.494 e. The van der Waals surface area contributed by atoms with Crippen molar-refractivity contribution in [3.63, 3.8) is 0 Å². The van der Waals surface area contributed by atoms with E-state index in [1.165, 1.54) is 11.3 Å². The Morgan fingerprint density at radius 1 is 1.03 bits per heavy atom. The number of rotatable bonds is 8. The van der Waals surface area contributed by atoms with E-state index in [-0.39, 0.29) is 0 Å². The SMILES string of the molecule is CC(C)CCOc1ccc(-c2nn(-c3ccccc3)cc2C=C(C#N)c2nc3ccccc3s2)cc1. The first kappa shape index (κ1) is 23.5. The molecule has 0 N–H and O–H groups in total. The molecular formula is C30H26N4OS. The maximum atomic E-state index is 10.0. The predicted octanol–water partition coefficient (Wildman–Crippen LogP) is 7.64. The van der Waals surface area contributed by atoms with Crippen LogP contribution < -0.4 is 4.74 Å². The van der Waals surface area contributed by atoms with Crippen LogP contribution in [0.3, 0.4) is 0 Å². The Bertz CT molecular complexity index is 1510. The zero-order chi connectivity index (χ0) is 24.9. The van der Waals surface area contributed by atoms with Gasteiger partial charge in [0.05, 0.1) is 33.8 Å². The molecule has 36 heavy (non-hydrogen) atoms. The largest absolute Gasteiger partial charge is 0.494 e. The topological polar surface area (TPSA) is 63.7 Å². The fraction of sp³-hybridized carbons (Fsp3) is 0.167. The first-order valence-corrected chi connectivity index (χ1v) is 12.8. The number of hydrogen-bond acceptors (Lipinski definition) is 5. The summed E-state index contributed by atoms with van der Waals surface area (Å²) in [5.74, 6) is 1.44. The van der Waals surface area contributed by atoms with E-state index >= 15 is 0 Å². The highest BCUT2D eigenvalue weighted by molar-refractivity contribution is 7.19. The molecule has 0 spiro atoms. The van der Waals surface area contributed by atoms with Crippen LogP contribution in [0.25, 0.3) is 38.8 Å². The van der Waals surface area contributed by atoms with E-state index in [9.17, 15) is 5.26 Å². The van der Waals surface area contributed by atoms with Crippen molar-refractivity contribution in [1.82, 2.24) is 14.8 Å². The van der Waals surface area contributed by atoms with Gasteiger partial charge in [-0.3, -0.25) is 0 Å². The molecule has 0 atom stereocenters. The lowest BCUT2D eigenvalue weighted by molar-refractivity contribution is 0.289. The molecule has 0 aliphatic carbocycles. The molecule has 2 heterocycles.